The van der Waals surface area contributed by atoms with Crippen LogP contribution in [0.25, 0.3) is 0 Å². The van der Waals surface area contributed by atoms with E-state index in [0.717, 1.165) is 23.7 Å². The lowest BCUT2D eigenvalue weighted by atomic mass is 10.1. The molecule has 0 bridgehead atoms. The summed E-state index contributed by atoms with van der Waals surface area (Å²) in [7, 11) is 0. The summed E-state index contributed by atoms with van der Waals surface area (Å²) in [6.45, 7) is 4.23. The molecule has 1 heterocycles. The van der Waals surface area contributed by atoms with Gasteiger partial charge in [0.2, 0.25) is 0 Å². The third-order valence-electron chi connectivity index (χ3n) is 4.16. The molecule has 0 aliphatic heterocycles. The van der Waals surface area contributed by atoms with E-state index in [0.29, 0.717) is 6.04 Å². The summed E-state index contributed by atoms with van der Waals surface area (Å²) in [5, 5.41) is 0. The Morgan fingerprint density at radius 1 is 1.25 bits per heavy atom. The maximum Gasteiger partial charge on any atom is 0.151 e. The predicted octanol–water partition coefficient (Wildman–Crippen LogP) is 3.28. The van der Waals surface area contributed by atoms with Crippen LogP contribution in [0.2, 0.25) is 0 Å². The fourth-order valence-corrected chi connectivity index (χ4v) is 3.06. The second-order valence-electron chi connectivity index (χ2n) is 5.48. The summed E-state index contributed by atoms with van der Waals surface area (Å²) in [6, 6.07) is 2.73. The number of aryl methyl sites for hydroxylation is 1. The first-order valence-electron chi connectivity index (χ1n) is 6.36. The van der Waals surface area contributed by atoms with Crippen LogP contribution in [0, 0.1) is 25.7 Å². The predicted molar refractivity (Wildman–Crippen MR) is 63.8 cm³/mol. The number of rotatable bonds is 4. The molecule has 16 heavy (non-hydrogen) atoms. The van der Waals surface area contributed by atoms with Crippen molar-refractivity contribution in [2.45, 2.75) is 45.6 Å². The molecule has 0 amide bonds. The van der Waals surface area contributed by atoms with E-state index in [-0.39, 0.29) is 0 Å². The highest BCUT2D eigenvalue weighted by Gasteiger charge is 2.43. The average Bonchev–Trinajstić information content (AvgIpc) is 3.14. The first-order chi connectivity index (χ1) is 7.72. The van der Waals surface area contributed by atoms with Crippen LogP contribution in [-0.2, 0) is 0 Å². The Bertz CT molecular complexity index is 412. The maximum absolute atomic E-state index is 11.0. The standard InChI is InChI=1S/C14H19NO/c1-9-7-13(8-16)10(2)15(9)14(11-3-4-11)12-5-6-12/h7-8,11-12,14H,3-6H2,1-2H3. The zero-order valence-corrected chi connectivity index (χ0v) is 10.1. The van der Waals surface area contributed by atoms with E-state index in [2.05, 4.69) is 18.4 Å². The van der Waals surface area contributed by atoms with Crippen molar-refractivity contribution in [1.82, 2.24) is 4.57 Å². The average molecular weight is 217 g/mol. The molecular weight excluding hydrogens is 198 g/mol. The molecule has 2 nitrogen and oxygen atoms in total. The minimum atomic E-state index is 0.689. The molecule has 2 aliphatic carbocycles. The highest BCUT2D eigenvalue weighted by Crippen LogP contribution is 2.53. The van der Waals surface area contributed by atoms with Crippen molar-refractivity contribution in [3.63, 3.8) is 0 Å². The van der Waals surface area contributed by atoms with Gasteiger partial charge in [0.1, 0.15) is 0 Å². The number of carbonyl (C=O) groups is 1. The van der Waals surface area contributed by atoms with Gasteiger partial charge >= 0.3 is 0 Å². The van der Waals surface area contributed by atoms with E-state index in [4.69, 9.17) is 0 Å². The first kappa shape index (κ1) is 10.1. The Morgan fingerprint density at radius 3 is 2.19 bits per heavy atom. The molecule has 0 atom stereocenters. The Balaban J connectivity index is 2.02. The van der Waals surface area contributed by atoms with Crippen LogP contribution in [0.3, 0.4) is 0 Å². The van der Waals surface area contributed by atoms with Gasteiger partial charge in [0.25, 0.3) is 0 Å². The lowest BCUT2D eigenvalue weighted by Gasteiger charge is -2.22. The molecular formula is C14H19NO. The van der Waals surface area contributed by atoms with Gasteiger partial charge in [-0.1, -0.05) is 0 Å². The Labute approximate surface area is 96.6 Å². The fourth-order valence-electron chi connectivity index (χ4n) is 3.06. The van der Waals surface area contributed by atoms with Crippen molar-refractivity contribution < 1.29 is 4.79 Å². The second kappa shape index (κ2) is 3.47. The SMILES string of the molecule is Cc1cc(C=O)c(C)n1C(C1CC1)C1CC1. The zero-order valence-electron chi connectivity index (χ0n) is 10.1. The topological polar surface area (TPSA) is 22.0 Å². The van der Waals surface area contributed by atoms with Gasteiger partial charge in [0, 0.05) is 23.0 Å². The van der Waals surface area contributed by atoms with Crippen molar-refractivity contribution in [1.29, 1.82) is 0 Å². The van der Waals surface area contributed by atoms with Crippen molar-refractivity contribution >= 4 is 6.29 Å². The van der Waals surface area contributed by atoms with Crippen LogP contribution in [0.15, 0.2) is 6.07 Å². The summed E-state index contributed by atoms with van der Waals surface area (Å²) < 4.78 is 2.44. The van der Waals surface area contributed by atoms with Crippen LogP contribution < -0.4 is 0 Å². The van der Waals surface area contributed by atoms with Gasteiger partial charge in [0.05, 0.1) is 0 Å². The van der Waals surface area contributed by atoms with E-state index in [9.17, 15) is 4.79 Å². The van der Waals surface area contributed by atoms with Crippen LogP contribution >= 0.6 is 0 Å². The molecule has 1 aromatic rings. The first-order valence-corrected chi connectivity index (χ1v) is 6.36. The molecule has 0 spiro atoms. The van der Waals surface area contributed by atoms with Crippen molar-refractivity contribution in [3.05, 3.63) is 23.0 Å². The van der Waals surface area contributed by atoms with Gasteiger partial charge < -0.3 is 4.57 Å². The fraction of sp³-hybridized carbons (Fsp3) is 0.643. The number of hydrogen-bond donors (Lipinski definition) is 0. The minimum Gasteiger partial charge on any atom is -0.345 e. The van der Waals surface area contributed by atoms with E-state index in [1.165, 1.54) is 37.1 Å². The third-order valence-corrected chi connectivity index (χ3v) is 4.16. The molecule has 0 aromatic carbocycles. The Kier molecular flexibility index (Phi) is 2.20. The van der Waals surface area contributed by atoms with Crippen molar-refractivity contribution in [3.8, 4) is 0 Å². The lowest BCUT2D eigenvalue weighted by Crippen LogP contribution is -2.16. The summed E-state index contributed by atoms with van der Waals surface area (Å²) in [4.78, 5) is 11.0. The molecule has 2 fully saturated rings. The van der Waals surface area contributed by atoms with Gasteiger partial charge in [-0.3, -0.25) is 4.79 Å². The summed E-state index contributed by atoms with van der Waals surface area (Å²) in [5.41, 5.74) is 3.32. The van der Waals surface area contributed by atoms with E-state index < -0.39 is 0 Å². The molecule has 0 N–H and O–H groups in total. The second-order valence-corrected chi connectivity index (χ2v) is 5.48. The van der Waals surface area contributed by atoms with Gasteiger partial charge in [-0.25, -0.2) is 0 Å². The molecule has 0 saturated heterocycles. The summed E-state index contributed by atoms with van der Waals surface area (Å²) >= 11 is 0. The van der Waals surface area contributed by atoms with Gasteiger partial charge in [-0.15, -0.1) is 0 Å². The highest BCUT2D eigenvalue weighted by atomic mass is 16.1. The van der Waals surface area contributed by atoms with E-state index in [1.54, 1.807) is 0 Å². The van der Waals surface area contributed by atoms with Crippen LogP contribution in [0.4, 0.5) is 0 Å². The zero-order chi connectivity index (χ0) is 11.3. The smallest absolute Gasteiger partial charge is 0.151 e. The number of carbonyl (C=O) groups excluding carboxylic acids is 1. The maximum atomic E-state index is 11.0. The number of nitrogens with zero attached hydrogens (tertiary/aromatic N) is 1. The van der Waals surface area contributed by atoms with Crippen LogP contribution in [0.1, 0.15) is 53.5 Å². The molecule has 2 aliphatic rings. The number of hydrogen-bond acceptors (Lipinski definition) is 1. The Morgan fingerprint density at radius 2 is 1.81 bits per heavy atom. The highest BCUT2D eigenvalue weighted by molar-refractivity contribution is 5.77. The molecule has 2 heteroatoms. The number of aromatic nitrogens is 1. The normalized spacial score (nSPS) is 20.4. The lowest BCUT2D eigenvalue weighted by molar-refractivity contribution is 0.112. The van der Waals surface area contributed by atoms with Crippen molar-refractivity contribution in [2.75, 3.05) is 0 Å². The molecule has 86 valence electrons. The molecule has 0 radical (unpaired) electrons. The minimum absolute atomic E-state index is 0.689. The third kappa shape index (κ3) is 1.51. The quantitative estimate of drug-likeness (QED) is 0.709. The summed E-state index contributed by atoms with van der Waals surface area (Å²) in [6.07, 6.45) is 6.53. The van der Waals surface area contributed by atoms with Crippen LogP contribution in [-0.4, -0.2) is 10.9 Å². The van der Waals surface area contributed by atoms with Gasteiger partial charge in [0.15, 0.2) is 6.29 Å². The van der Waals surface area contributed by atoms with E-state index in [1.807, 2.05) is 6.07 Å². The molecule has 3 rings (SSSR count). The molecule has 2 saturated carbocycles. The summed E-state index contributed by atoms with van der Waals surface area (Å²) in [5.74, 6) is 1.77. The molecule has 0 unspecified atom stereocenters. The van der Waals surface area contributed by atoms with Crippen LogP contribution in [0.5, 0.6) is 0 Å². The van der Waals surface area contributed by atoms with Gasteiger partial charge in [-0.05, 0) is 57.4 Å². The Hall–Kier alpha value is -1.05. The monoisotopic (exact) mass is 217 g/mol. The number of aldehydes is 1. The largest absolute Gasteiger partial charge is 0.345 e. The van der Waals surface area contributed by atoms with Crippen molar-refractivity contribution in [2.24, 2.45) is 11.8 Å². The molecule has 1 aromatic heterocycles. The van der Waals surface area contributed by atoms with Gasteiger partial charge in [-0.2, -0.15) is 0 Å². The van der Waals surface area contributed by atoms with E-state index >= 15 is 0 Å².